The smallest absolute Gasteiger partial charge is 0.319 e. The Balaban J connectivity index is 1.42. The maximum Gasteiger partial charge on any atom is 0.319 e. The molecule has 8 heteroatoms. The number of rotatable bonds is 7. The zero-order valence-corrected chi connectivity index (χ0v) is 18.2. The fourth-order valence-corrected chi connectivity index (χ4v) is 3.68. The summed E-state index contributed by atoms with van der Waals surface area (Å²) in [6, 6.07) is 7.78. The summed E-state index contributed by atoms with van der Waals surface area (Å²) in [5, 5.41) is 9.34. The summed E-state index contributed by atoms with van der Waals surface area (Å²) in [5.41, 5.74) is 1.75. The number of urea groups is 1. The van der Waals surface area contributed by atoms with Gasteiger partial charge in [-0.05, 0) is 62.3 Å². The molecule has 1 aromatic carbocycles. The van der Waals surface area contributed by atoms with Gasteiger partial charge in [0.1, 0.15) is 11.6 Å². The summed E-state index contributed by atoms with van der Waals surface area (Å²) in [6.45, 7) is 2.65. The number of aryl methyl sites for hydroxylation is 1. The Morgan fingerprint density at radius 3 is 2.67 bits per heavy atom. The van der Waals surface area contributed by atoms with Gasteiger partial charge in [-0.15, -0.1) is 0 Å². The van der Waals surface area contributed by atoms with Crippen molar-refractivity contribution in [3.63, 3.8) is 0 Å². The van der Waals surface area contributed by atoms with E-state index in [4.69, 9.17) is 4.74 Å². The Hall–Kier alpha value is -3.03. The average Bonchev–Trinajstić information content (AvgIpc) is 2.73. The molecule has 1 aliphatic rings. The Labute approximate surface area is 178 Å². The number of hydrogen-bond acceptors (Lipinski definition) is 6. The summed E-state index contributed by atoms with van der Waals surface area (Å²) in [7, 11) is 5.53. The van der Waals surface area contributed by atoms with Crippen molar-refractivity contribution in [2.45, 2.75) is 38.6 Å². The summed E-state index contributed by atoms with van der Waals surface area (Å²) >= 11 is 0. The molecule has 1 heterocycles. The van der Waals surface area contributed by atoms with E-state index in [1.54, 1.807) is 13.3 Å². The molecule has 0 radical (unpaired) electrons. The molecular formula is C22H32N6O2. The van der Waals surface area contributed by atoms with Crippen molar-refractivity contribution in [1.82, 2.24) is 15.3 Å². The highest BCUT2D eigenvalue weighted by atomic mass is 16.5. The maximum atomic E-state index is 12.3. The van der Waals surface area contributed by atoms with Gasteiger partial charge in [0.2, 0.25) is 5.95 Å². The van der Waals surface area contributed by atoms with Crippen LogP contribution < -0.4 is 25.6 Å². The molecule has 30 heavy (non-hydrogen) atoms. The highest BCUT2D eigenvalue weighted by Crippen LogP contribution is 2.27. The lowest BCUT2D eigenvalue weighted by Crippen LogP contribution is -2.36. The zero-order valence-electron chi connectivity index (χ0n) is 18.2. The van der Waals surface area contributed by atoms with Crippen molar-refractivity contribution in [2.24, 2.45) is 5.92 Å². The molecule has 1 aromatic heterocycles. The van der Waals surface area contributed by atoms with Gasteiger partial charge in [-0.3, -0.25) is 0 Å². The number of carbonyl (C=O) groups is 1. The Kier molecular flexibility index (Phi) is 7.32. The fraction of sp³-hybridized carbons (Fsp3) is 0.500. The molecule has 2 aromatic rings. The van der Waals surface area contributed by atoms with Crippen LogP contribution in [0.1, 0.15) is 31.2 Å². The van der Waals surface area contributed by atoms with Gasteiger partial charge >= 0.3 is 6.03 Å². The molecule has 2 amide bonds. The lowest BCUT2D eigenvalue weighted by Gasteiger charge is -2.29. The lowest BCUT2D eigenvalue weighted by molar-refractivity contribution is 0.246. The van der Waals surface area contributed by atoms with Crippen molar-refractivity contribution < 1.29 is 9.53 Å². The van der Waals surface area contributed by atoms with Crippen LogP contribution in [0.3, 0.4) is 0 Å². The molecule has 0 bridgehead atoms. The molecule has 8 nitrogen and oxygen atoms in total. The van der Waals surface area contributed by atoms with Crippen LogP contribution in [-0.2, 0) is 0 Å². The van der Waals surface area contributed by atoms with Gasteiger partial charge in [0.15, 0.2) is 0 Å². The molecule has 0 unspecified atom stereocenters. The SMILES string of the molecule is COc1ccc(C)cc1NC(=O)NCC1CCC(Nc2nccc(N(C)C)n2)CC1. The van der Waals surface area contributed by atoms with Crippen molar-refractivity contribution in [2.75, 3.05) is 43.3 Å². The maximum absolute atomic E-state index is 12.3. The van der Waals surface area contributed by atoms with Gasteiger partial charge in [-0.2, -0.15) is 4.98 Å². The van der Waals surface area contributed by atoms with Crippen LogP contribution in [0.25, 0.3) is 0 Å². The molecular weight excluding hydrogens is 380 g/mol. The number of hydrogen-bond donors (Lipinski definition) is 3. The van der Waals surface area contributed by atoms with E-state index in [0.717, 1.165) is 37.1 Å². The number of carbonyl (C=O) groups excluding carboxylic acids is 1. The second kappa shape index (κ2) is 10.1. The van der Waals surface area contributed by atoms with Crippen molar-refractivity contribution in [3.8, 4) is 5.75 Å². The van der Waals surface area contributed by atoms with Gasteiger partial charge in [-0.25, -0.2) is 9.78 Å². The van der Waals surface area contributed by atoms with Crippen LogP contribution in [-0.4, -0.2) is 49.8 Å². The van der Waals surface area contributed by atoms with E-state index in [2.05, 4.69) is 25.9 Å². The minimum atomic E-state index is -0.201. The standard InChI is InChI=1S/C22H32N6O2/c1-15-5-10-19(30-4)18(13-15)26-22(29)24-14-16-6-8-17(9-7-16)25-21-23-12-11-20(27-21)28(2)3/h5,10-13,16-17H,6-9,14H2,1-4H3,(H,23,25,27)(H2,24,26,29). The quantitative estimate of drug-likeness (QED) is 0.643. The minimum absolute atomic E-state index is 0.201. The second-order valence-corrected chi connectivity index (χ2v) is 8.03. The number of benzene rings is 1. The normalized spacial score (nSPS) is 18.4. The minimum Gasteiger partial charge on any atom is -0.495 e. The van der Waals surface area contributed by atoms with E-state index in [-0.39, 0.29) is 6.03 Å². The van der Waals surface area contributed by atoms with Crippen LogP contribution in [0.5, 0.6) is 5.75 Å². The first-order chi connectivity index (χ1) is 14.4. The average molecular weight is 413 g/mol. The van der Waals surface area contributed by atoms with Crippen molar-refractivity contribution in [3.05, 3.63) is 36.0 Å². The van der Waals surface area contributed by atoms with Gasteiger partial charge in [0.25, 0.3) is 0 Å². The van der Waals surface area contributed by atoms with E-state index in [9.17, 15) is 4.79 Å². The molecule has 162 valence electrons. The topological polar surface area (TPSA) is 91.4 Å². The van der Waals surface area contributed by atoms with Crippen LogP contribution in [0.4, 0.5) is 22.2 Å². The molecule has 0 atom stereocenters. The van der Waals surface area contributed by atoms with Crippen LogP contribution in [0, 0.1) is 12.8 Å². The van der Waals surface area contributed by atoms with Crippen molar-refractivity contribution >= 4 is 23.5 Å². The third-order valence-electron chi connectivity index (χ3n) is 5.43. The molecule has 1 aliphatic carbocycles. The number of aromatic nitrogens is 2. The van der Waals surface area contributed by atoms with Gasteiger partial charge in [-0.1, -0.05) is 6.07 Å². The largest absolute Gasteiger partial charge is 0.495 e. The molecule has 0 spiro atoms. The Morgan fingerprint density at radius 1 is 1.20 bits per heavy atom. The molecule has 3 rings (SSSR count). The summed E-state index contributed by atoms with van der Waals surface area (Å²) in [4.78, 5) is 23.1. The second-order valence-electron chi connectivity index (χ2n) is 8.03. The van der Waals surface area contributed by atoms with E-state index in [0.29, 0.717) is 35.9 Å². The first-order valence-corrected chi connectivity index (χ1v) is 10.4. The van der Waals surface area contributed by atoms with E-state index < -0.39 is 0 Å². The lowest BCUT2D eigenvalue weighted by atomic mass is 9.86. The number of nitrogens with zero attached hydrogens (tertiary/aromatic N) is 3. The van der Waals surface area contributed by atoms with E-state index in [1.165, 1.54) is 0 Å². The molecule has 1 fully saturated rings. The summed E-state index contributed by atoms with van der Waals surface area (Å²) in [6.07, 6.45) is 5.96. The fourth-order valence-electron chi connectivity index (χ4n) is 3.68. The van der Waals surface area contributed by atoms with Crippen LogP contribution in [0.2, 0.25) is 0 Å². The number of ether oxygens (including phenoxy) is 1. The third kappa shape index (κ3) is 5.98. The Morgan fingerprint density at radius 2 is 1.97 bits per heavy atom. The molecule has 1 saturated carbocycles. The molecule has 3 N–H and O–H groups in total. The molecule has 0 saturated heterocycles. The monoisotopic (exact) mass is 412 g/mol. The number of amides is 2. The first-order valence-electron chi connectivity index (χ1n) is 10.4. The van der Waals surface area contributed by atoms with Crippen molar-refractivity contribution in [1.29, 1.82) is 0 Å². The predicted octanol–water partition coefficient (Wildman–Crippen LogP) is 3.65. The third-order valence-corrected chi connectivity index (χ3v) is 5.43. The van der Waals surface area contributed by atoms with Crippen LogP contribution in [0.15, 0.2) is 30.5 Å². The first kappa shape index (κ1) is 21.7. The summed E-state index contributed by atoms with van der Waals surface area (Å²) < 4.78 is 5.31. The Bertz CT molecular complexity index is 849. The van der Waals surface area contributed by atoms with Gasteiger partial charge in [0.05, 0.1) is 12.8 Å². The summed E-state index contributed by atoms with van der Waals surface area (Å²) in [5.74, 6) is 2.70. The van der Waals surface area contributed by atoms with Crippen LogP contribution >= 0.6 is 0 Å². The van der Waals surface area contributed by atoms with E-state index in [1.807, 2.05) is 50.2 Å². The zero-order chi connectivity index (χ0) is 21.5. The van der Waals surface area contributed by atoms with Gasteiger partial charge < -0.3 is 25.6 Å². The van der Waals surface area contributed by atoms with Gasteiger partial charge in [0, 0.05) is 32.9 Å². The number of nitrogens with one attached hydrogen (secondary N) is 3. The molecule has 0 aliphatic heterocycles. The predicted molar refractivity (Wildman–Crippen MR) is 120 cm³/mol. The number of anilines is 3. The number of methoxy groups -OCH3 is 1. The highest BCUT2D eigenvalue weighted by molar-refractivity contribution is 5.91. The van der Waals surface area contributed by atoms with E-state index >= 15 is 0 Å². The highest BCUT2D eigenvalue weighted by Gasteiger charge is 2.22.